The minimum Gasteiger partial charge on any atom is -0.355 e. The molecule has 8 heteroatoms. The summed E-state index contributed by atoms with van der Waals surface area (Å²) in [6, 6.07) is 4.37. The lowest BCUT2D eigenvalue weighted by molar-refractivity contribution is 0.00725. The zero-order valence-corrected chi connectivity index (χ0v) is 19.1. The first kappa shape index (κ1) is 21.2. The molecule has 0 aliphatic carbocycles. The van der Waals surface area contributed by atoms with E-state index in [1.807, 2.05) is 31.7 Å². The number of nitrogens with one attached hydrogen (secondary N) is 1. The number of hydrogen-bond donors (Lipinski definition) is 1. The van der Waals surface area contributed by atoms with Gasteiger partial charge in [-0.2, -0.15) is 15.5 Å². The van der Waals surface area contributed by atoms with E-state index in [1.54, 1.807) is 15.4 Å². The van der Waals surface area contributed by atoms with E-state index < -0.39 is 0 Å². The molecule has 0 bridgehead atoms. The normalized spacial score (nSPS) is 18.4. The number of piperidine rings is 1. The first-order chi connectivity index (χ1) is 16.0. The quantitative estimate of drug-likeness (QED) is 0.486. The summed E-state index contributed by atoms with van der Waals surface area (Å²) in [6.07, 6.45) is 14.0. The highest BCUT2D eigenvalue weighted by Crippen LogP contribution is 2.39. The van der Waals surface area contributed by atoms with Gasteiger partial charge in [-0.1, -0.05) is 6.08 Å². The number of aryl methyl sites for hydroxylation is 1. The molecule has 0 aromatic carbocycles. The van der Waals surface area contributed by atoms with Crippen LogP contribution in [0.15, 0.2) is 53.8 Å². The van der Waals surface area contributed by atoms with Gasteiger partial charge in [-0.25, -0.2) is 9.51 Å². The van der Waals surface area contributed by atoms with Crippen LogP contribution < -0.4 is 5.32 Å². The van der Waals surface area contributed by atoms with Crippen molar-refractivity contribution in [2.45, 2.75) is 19.8 Å². The van der Waals surface area contributed by atoms with Gasteiger partial charge >= 0.3 is 0 Å². The molecule has 0 saturated carbocycles. The third kappa shape index (κ3) is 3.85. The number of aromatic nitrogens is 4. The van der Waals surface area contributed by atoms with Crippen LogP contribution in [0.4, 0.5) is 0 Å². The Labute approximate surface area is 193 Å². The second-order valence-electron chi connectivity index (χ2n) is 9.18. The second-order valence-corrected chi connectivity index (χ2v) is 9.18. The van der Waals surface area contributed by atoms with E-state index >= 15 is 0 Å². The minimum absolute atomic E-state index is 0.379. The number of nitrogens with zero attached hydrogens (tertiary/aromatic N) is 7. The van der Waals surface area contributed by atoms with E-state index in [9.17, 15) is 5.26 Å². The monoisotopic (exact) mass is 440 g/mol. The number of aliphatic imine (C=N–C) groups is 1. The fourth-order valence-electron chi connectivity index (χ4n) is 5.01. The Morgan fingerprint density at radius 2 is 2.09 bits per heavy atom. The summed E-state index contributed by atoms with van der Waals surface area (Å²) in [4.78, 5) is 6.60. The van der Waals surface area contributed by atoms with Gasteiger partial charge in [-0.3, -0.25) is 4.68 Å². The Hall–Kier alpha value is -3.70. The summed E-state index contributed by atoms with van der Waals surface area (Å²) in [5, 5.41) is 21.9. The molecule has 3 aromatic heterocycles. The second kappa shape index (κ2) is 8.34. The summed E-state index contributed by atoms with van der Waals surface area (Å²) in [5.74, 6) is 0.888. The summed E-state index contributed by atoms with van der Waals surface area (Å²) >= 11 is 0. The van der Waals surface area contributed by atoms with Crippen molar-refractivity contribution >= 4 is 17.8 Å². The van der Waals surface area contributed by atoms with Crippen molar-refractivity contribution < 1.29 is 0 Å². The fraction of sp³-hybridized carbons (Fsp3) is 0.360. The molecule has 5 rings (SSSR count). The number of fused-ring (bicyclic) bond motifs is 1. The highest BCUT2D eigenvalue weighted by Gasteiger charge is 2.44. The molecular weight excluding hydrogens is 412 g/mol. The molecule has 5 heterocycles. The largest absolute Gasteiger partial charge is 0.355 e. The van der Waals surface area contributed by atoms with Crippen LogP contribution >= 0.6 is 0 Å². The van der Waals surface area contributed by atoms with Gasteiger partial charge in [0.2, 0.25) is 0 Å². The molecule has 2 fully saturated rings. The molecule has 0 radical (unpaired) electrons. The zero-order valence-electron chi connectivity index (χ0n) is 19.1. The lowest BCUT2D eigenvalue weighted by Crippen LogP contribution is -2.61. The lowest BCUT2D eigenvalue weighted by Gasteiger charge is -2.53. The van der Waals surface area contributed by atoms with E-state index in [2.05, 4.69) is 57.3 Å². The standard InChI is InChI=1S/C25H28N8/c1-18(5-6-23(27-2)32-16-25(17-32)7-4-8-28-15-25)22-9-19(21-12-29-31(3)13-21)14-33-24(22)20(10-26)11-30-33/h5-6,9,11-14,28H,2,4,7-8,15-17H2,1,3H3/b18-5+,23-6+. The van der Waals surface area contributed by atoms with Crippen molar-refractivity contribution in [2.75, 3.05) is 26.2 Å². The molecular formula is C25H28N8. The van der Waals surface area contributed by atoms with Crippen LogP contribution in [0.25, 0.3) is 22.2 Å². The molecule has 0 atom stereocenters. The first-order valence-electron chi connectivity index (χ1n) is 11.2. The molecule has 168 valence electrons. The van der Waals surface area contributed by atoms with Crippen molar-refractivity contribution in [1.82, 2.24) is 29.6 Å². The summed E-state index contributed by atoms with van der Waals surface area (Å²) < 4.78 is 3.55. The Morgan fingerprint density at radius 3 is 2.76 bits per heavy atom. The van der Waals surface area contributed by atoms with Gasteiger partial charge in [0.25, 0.3) is 0 Å². The maximum Gasteiger partial charge on any atom is 0.127 e. The van der Waals surface area contributed by atoms with Gasteiger partial charge in [-0.05, 0) is 50.7 Å². The topological polar surface area (TPSA) is 86.5 Å². The molecule has 0 amide bonds. The summed E-state index contributed by atoms with van der Waals surface area (Å²) in [5.41, 5.74) is 5.71. The van der Waals surface area contributed by atoms with Crippen LogP contribution in [0.3, 0.4) is 0 Å². The molecule has 3 aromatic rings. The number of rotatable bonds is 5. The van der Waals surface area contributed by atoms with E-state index in [0.717, 1.165) is 59.8 Å². The predicted molar refractivity (Wildman–Crippen MR) is 130 cm³/mol. The molecule has 2 saturated heterocycles. The number of nitriles is 1. The van der Waals surface area contributed by atoms with Crippen LogP contribution in [-0.4, -0.2) is 57.2 Å². The van der Waals surface area contributed by atoms with Crippen LogP contribution in [0.5, 0.6) is 0 Å². The molecule has 33 heavy (non-hydrogen) atoms. The molecule has 2 aliphatic rings. The Morgan fingerprint density at radius 1 is 1.24 bits per heavy atom. The molecule has 8 nitrogen and oxygen atoms in total. The van der Waals surface area contributed by atoms with Gasteiger partial charge in [-0.15, -0.1) is 0 Å². The van der Waals surface area contributed by atoms with Crippen molar-refractivity contribution in [3.05, 3.63) is 60.0 Å². The summed E-state index contributed by atoms with van der Waals surface area (Å²) in [7, 11) is 1.90. The van der Waals surface area contributed by atoms with Crippen molar-refractivity contribution in [3.8, 4) is 17.2 Å². The molecule has 2 aliphatic heterocycles. The maximum atomic E-state index is 9.63. The average molecular weight is 441 g/mol. The first-order valence-corrected chi connectivity index (χ1v) is 11.2. The molecule has 1 spiro atoms. The zero-order chi connectivity index (χ0) is 23.0. The van der Waals surface area contributed by atoms with Gasteiger partial charge in [0.1, 0.15) is 11.9 Å². The van der Waals surface area contributed by atoms with Gasteiger partial charge in [0.15, 0.2) is 0 Å². The number of likely N-dealkylation sites (tertiary alicyclic amines) is 1. The van der Waals surface area contributed by atoms with Crippen molar-refractivity contribution in [2.24, 2.45) is 17.5 Å². The van der Waals surface area contributed by atoms with Crippen LogP contribution in [0.1, 0.15) is 30.9 Å². The maximum absolute atomic E-state index is 9.63. The van der Waals surface area contributed by atoms with Crippen LogP contribution in [0, 0.1) is 16.7 Å². The van der Waals surface area contributed by atoms with Gasteiger partial charge in [0, 0.05) is 61.2 Å². The number of allylic oxidation sites excluding steroid dienone is 3. The Kier molecular flexibility index (Phi) is 5.35. The number of hydrogen-bond acceptors (Lipinski definition) is 6. The van der Waals surface area contributed by atoms with Crippen molar-refractivity contribution in [1.29, 1.82) is 5.26 Å². The average Bonchev–Trinajstić information content (AvgIpc) is 3.44. The lowest BCUT2D eigenvalue weighted by atomic mass is 9.74. The van der Waals surface area contributed by atoms with Crippen LogP contribution in [0.2, 0.25) is 0 Å². The minimum atomic E-state index is 0.379. The van der Waals surface area contributed by atoms with E-state index in [1.165, 1.54) is 12.8 Å². The summed E-state index contributed by atoms with van der Waals surface area (Å²) in [6.45, 7) is 10.1. The highest BCUT2D eigenvalue weighted by atomic mass is 15.3. The SMILES string of the molecule is C=N/C(=C\C=C(/C)c1cc(-c2cnn(C)c2)cn2ncc(C#N)c12)N1CC2(CCCNC2)C1. The number of pyridine rings is 1. The fourth-order valence-corrected chi connectivity index (χ4v) is 5.01. The third-order valence-electron chi connectivity index (χ3n) is 6.78. The Bertz CT molecular complexity index is 1300. The van der Waals surface area contributed by atoms with Crippen LogP contribution in [-0.2, 0) is 7.05 Å². The Balaban J connectivity index is 1.49. The third-order valence-corrected chi connectivity index (χ3v) is 6.78. The highest BCUT2D eigenvalue weighted by molar-refractivity contribution is 5.84. The molecule has 0 unspecified atom stereocenters. The van der Waals surface area contributed by atoms with Gasteiger partial charge in [0.05, 0.1) is 23.5 Å². The molecule has 1 N–H and O–H groups in total. The van der Waals surface area contributed by atoms with Crippen molar-refractivity contribution in [3.63, 3.8) is 0 Å². The van der Waals surface area contributed by atoms with E-state index in [-0.39, 0.29) is 0 Å². The van der Waals surface area contributed by atoms with E-state index in [4.69, 9.17) is 0 Å². The van der Waals surface area contributed by atoms with Gasteiger partial charge < -0.3 is 10.2 Å². The smallest absolute Gasteiger partial charge is 0.127 e. The predicted octanol–water partition coefficient (Wildman–Crippen LogP) is 3.24. The van der Waals surface area contributed by atoms with E-state index in [0.29, 0.717) is 11.0 Å².